The quantitative estimate of drug-likeness (QED) is 0.809. The van der Waals surface area contributed by atoms with Crippen LogP contribution in [0.3, 0.4) is 0 Å². The maximum absolute atomic E-state index is 11.2. The number of nitrogens with zero attached hydrogens (tertiary/aromatic N) is 1. The van der Waals surface area contributed by atoms with Gasteiger partial charge < -0.3 is 10.6 Å². The van der Waals surface area contributed by atoms with Gasteiger partial charge in [0.25, 0.3) is 0 Å². The van der Waals surface area contributed by atoms with Crippen LogP contribution in [0.5, 0.6) is 0 Å². The molecule has 1 heterocycles. The Balaban J connectivity index is 2.36. The van der Waals surface area contributed by atoms with Crippen molar-refractivity contribution in [3.63, 3.8) is 0 Å². The van der Waals surface area contributed by atoms with Gasteiger partial charge in [0.1, 0.15) is 0 Å². The average Bonchev–Trinajstić information content (AvgIpc) is 2.75. The molecule has 1 saturated heterocycles. The van der Waals surface area contributed by atoms with Gasteiger partial charge in [0.2, 0.25) is 10.0 Å². The Morgan fingerprint density at radius 2 is 2.17 bits per heavy atom. The van der Waals surface area contributed by atoms with Gasteiger partial charge >= 0.3 is 0 Å². The molecule has 2 rings (SSSR count). The largest absolute Gasteiger partial charge is 0.397 e. The molecular weight excluding hydrogens is 250 g/mol. The summed E-state index contributed by atoms with van der Waals surface area (Å²) in [5.74, 6) is 0. The molecule has 6 heteroatoms. The molecular formula is C12H19N3O2S. The highest BCUT2D eigenvalue weighted by Gasteiger charge is 2.25. The van der Waals surface area contributed by atoms with Gasteiger partial charge in [-0.1, -0.05) is 6.92 Å². The van der Waals surface area contributed by atoms with E-state index in [9.17, 15) is 8.42 Å². The van der Waals surface area contributed by atoms with Gasteiger partial charge in [0.15, 0.2) is 0 Å². The highest BCUT2D eigenvalue weighted by molar-refractivity contribution is 7.89. The number of benzene rings is 1. The summed E-state index contributed by atoms with van der Waals surface area (Å²) in [7, 11) is -3.68. The zero-order chi connectivity index (χ0) is 13.3. The monoisotopic (exact) mass is 269 g/mol. The van der Waals surface area contributed by atoms with Crippen LogP contribution in [0.15, 0.2) is 23.1 Å². The third kappa shape index (κ3) is 2.44. The van der Waals surface area contributed by atoms with Gasteiger partial charge in [-0.2, -0.15) is 0 Å². The van der Waals surface area contributed by atoms with Gasteiger partial charge in [0.05, 0.1) is 16.3 Å². The molecule has 0 spiro atoms. The van der Waals surface area contributed by atoms with E-state index in [0.29, 0.717) is 11.7 Å². The number of nitrogens with two attached hydrogens (primary N) is 2. The molecule has 1 aliphatic heterocycles. The molecule has 0 saturated carbocycles. The first-order valence-corrected chi connectivity index (χ1v) is 7.67. The highest BCUT2D eigenvalue weighted by atomic mass is 32.2. The smallest absolute Gasteiger partial charge is 0.238 e. The van der Waals surface area contributed by atoms with Crippen molar-refractivity contribution >= 4 is 21.4 Å². The summed E-state index contributed by atoms with van der Waals surface area (Å²) in [5.41, 5.74) is 7.34. The Morgan fingerprint density at radius 3 is 2.72 bits per heavy atom. The molecule has 1 aliphatic rings. The summed E-state index contributed by atoms with van der Waals surface area (Å²) < 4.78 is 22.5. The fourth-order valence-electron chi connectivity index (χ4n) is 2.55. The van der Waals surface area contributed by atoms with E-state index < -0.39 is 10.0 Å². The van der Waals surface area contributed by atoms with E-state index in [0.717, 1.165) is 31.5 Å². The fraction of sp³-hybridized carbons (Fsp3) is 0.500. The molecule has 1 aromatic carbocycles. The molecule has 0 aliphatic carbocycles. The summed E-state index contributed by atoms with van der Waals surface area (Å²) in [6.45, 7) is 3.12. The van der Waals surface area contributed by atoms with Crippen LogP contribution in [0.2, 0.25) is 0 Å². The number of nitrogen functional groups attached to an aromatic ring is 1. The first kappa shape index (κ1) is 13.2. The maximum Gasteiger partial charge on any atom is 0.238 e. The van der Waals surface area contributed by atoms with E-state index in [1.54, 1.807) is 6.07 Å². The molecule has 1 atom stereocenters. The molecule has 0 radical (unpaired) electrons. The van der Waals surface area contributed by atoms with Crippen LogP contribution in [-0.4, -0.2) is 21.0 Å². The molecule has 5 nitrogen and oxygen atoms in total. The third-order valence-electron chi connectivity index (χ3n) is 3.49. The molecule has 1 fully saturated rings. The lowest BCUT2D eigenvalue weighted by atomic mass is 10.1. The molecule has 18 heavy (non-hydrogen) atoms. The lowest BCUT2D eigenvalue weighted by molar-refractivity contribution is 0.598. The van der Waals surface area contributed by atoms with E-state index in [1.807, 2.05) is 0 Å². The number of hydrogen-bond acceptors (Lipinski definition) is 4. The van der Waals surface area contributed by atoms with Crippen LogP contribution in [-0.2, 0) is 10.0 Å². The molecule has 0 bridgehead atoms. The molecule has 1 aromatic rings. The normalized spacial score (nSPS) is 20.3. The number of hydrogen-bond donors (Lipinski definition) is 2. The second kappa shape index (κ2) is 4.78. The van der Waals surface area contributed by atoms with Crippen molar-refractivity contribution in [2.24, 2.45) is 5.14 Å². The summed E-state index contributed by atoms with van der Waals surface area (Å²) in [6, 6.07) is 5.21. The minimum Gasteiger partial charge on any atom is -0.397 e. The van der Waals surface area contributed by atoms with Gasteiger partial charge in [-0.05, 0) is 37.5 Å². The Hall–Kier alpha value is -1.27. The predicted molar refractivity (Wildman–Crippen MR) is 72.9 cm³/mol. The SMILES string of the molecule is CCC1CCCN1c1ccc(S(N)(=O)=O)cc1N. The zero-order valence-electron chi connectivity index (χ0n) is 10.5. The average molecular weight is 269 g/mol. The van der Waals surface area contributed by atoms with Crippen LogP contribution in [0, 0.1) is 0 Å². The maximum atomic E-state index is 11.2. The van der Waals surface area contributed by atoms with Gasteiger partial charge in [0, 0.05) is 12.6 Å². The lowest BCUT2D eigenvalue weighted by Crippen LogP contribution is -2.29. The van der Waals surface area contributed by atoms with Crippen molar-refractivity contribution < 1.29 is 8.42 Å². The van der Waals surface area contributed by atoms with Crippen molar-refractivity contribution in [2.45, 2.75) is 37.1 Å². The first-order valence-electron chi connectivity index (χ1n) is 6.12. The first-order chi connectivity index (χ1) is 8.43. The third-order valence-corrected chi connectivity index (χ3v) is 4.40. The lowest BCUT2D eigenvalue weighted by Gasteiger charge is -2.27. The topological polar surface area (TPSA) is 89.4 Å². The number of sulfonamides is 1. The summed E-state index contributed by atoms with van der Waals surface area (Å²) in [5, 5.41) is 5.09. The summed E-state index contributed by atoms with van der Waals surface area (Å²) in [6.07, 6.45) is 3.37. The number of anilines is 2. The van der Waals surface area contributed by atoms with Gasteiger partial charge in [-0.15, -0.1) is 0 Å². The minimum atomic E-state index is -3.68. The Morgan fingerprint density at radius 1 is 1.44 bits per heavy atom. The summed E-state index contributed by atoms with van der Waals surface area (Å²) in [4.78, 5) is 2.32. The molecule has 0 amide bonds. The Labute approximate surface area is 108 Å². The van der Waals surface area contributed by atoms with Crippen molar-refractivity contribution in [1.29, 1.82) is 0 Å². The standard InChI is InChI=1S/C12H19N3O2S/c1-2-9-4-3-7-15(9)12-6-5-10(8-11(12)13)18(14,16)17/h5-6,8-9H,2-4,7,13H2,1H3,(H2,14,16,17). The van der Waals surface area contributed by atoms with Crippen LogP contribution >= 0.6 is 0 Å². The van der Waals surface area contributed by atoms with Crippen LogP contribution in [0.25, 0.3) is 0 Å². The zero-order valence-corrected chi connectivity index (χ0v) is 11.3. The number of primary sulfonamides is 1. The van der Waals surface area contributed by atoms with Crippen molar-refractivity contribution in [1.82, 2.24) is 0 Å². The van der Waals surface area contributed by atoms with Crippen LogP contribution in [0.1, 0.15) is 26.2 Å². The number of rotatable bonds is 3. The van der Waals surface area contributed by atoms with E-state index in [1.165, 1.54) is 12.1 Å². The van der Waals surface area contributed by atoms with Crippen LogP contribution in [0.4, 0.5) is 11.4 Å². The van der Waals surface area contributed by atoms with E-state index >= 15 is 0 Å². The van der Waals surface area contributed by atoms with E-state index in [2.05, 4.69) is 11.8 Å². The minimum absolute atomic E-state index is 0.0657. The van der Waals surface area contributed by atoms with Crippen LogP contribution < -0.4 is 15.8 Å². The van der Waals surface area contributed by atoms with Crippen molar-refractivity contribution in [2.75, 3.05) is 17.2 Å². The second-order valence-corrected chi connectivity index (χ2v) is 6.22. The molecule has 4 N–H and O–H groups in total. The van der Waals surface area contributed by atoms with E-state index in [4.69, 9.17) is 10.9 Å². The highest BCUT2D eigenvalue weighted by Crippen LogP contribution is 2.32. The molecule has 0 aromatic heterocycles. The van der Waals surface area contributed by atoms with Gasteiger partial charge in [-0.3, -0.25) is 0 Å². The predicted octanol–water partition coefficient (Wildman–Crippen LogP) is 1.30. The Bertz CT molecular complexity index is 542. The van der Waals surface area contributed by atoms with Crippen molar-refractivity contribution in [3.05, 3.63) is 18.2 Å². The Kier molecular flexibility index (Phi) is 3.49. The van der Waals surface area contributed by atoms with Gasteiger partial charge in [-0.25, -0.2) is 13.6 Å². The molecule has 1 unspecified atom stereocenters. The fourth-order valence-corrected chi connectivity index (χ4v) is 3.10. The molecule has 100 valence electrons. The second-order valence-electron chi connectivity index (χ2n) is 4.66. The van der Waals surface area contributed by atoms with E-state index in [-0.39, 0.29) is 4.90 Å². The summed E-state index contributed by atoms with van der Waals surface area (Å²) >= 11 is 0. The van der Waals surface area contributed by atoms with Crippen molar-refractivity contribution in [3.8, 4) is 0 Å².